The van der Waals surface area contributed by atoms with Gasteiger partial charge < -0.3 is 53.8 Å². The third-order valence-electron chi connectivity index (χ3n) is 5.78. The van der Waals surface area contributed by atoms with Crippen molar-refractivity contribution in [3.05, 3.63) is 0 Å². The van der Waals surface area contributed by atoms with Gasteiger partial charge in [0.2, 0.25) is 6.29 Å². The van der Waals surface area contributed by atoms with Crippen LogP contribution in [-0.4, -0.2) is 115 Å². The SMILES string of the molecule is CC(=O)OC[C@H]1O[C@@H](OC(C)=O)[C@H](NC(=O)C(OC(=O)CNC(=O)OC(C)(C)C)C(C)NC(=O)OC(C)(C)C)[C@@H](OC(C)=O)[C@@H]1OC(C)=O. The highest BCUT2D eigenvalue weighted by atomic mass is 16.7. The van der Waals surface area contributed by atoms with E-state index in [0.717, 1.165) is 27.7 Å². The molecule has 19 nitrogen and oxygen atoms in total. The monoisotopic (exact) mass is 705 g/mol. The number of esters is 5. The molecular formula is C30H47N3O16. The van der Waals surface area contributed by atoms with Gasteiger partial charge in [-0.25, -0.2) is 9.59 Å². The lowest BCUT2D eigenvalue weighted by molar-refractivity contribution is -0.271. The highest BCUT2D eigenvalue weighted by molar-refractivity contribution is 5.87. The molecule has 1 heterocycles. The average molecular weight is 706 g/mol. The number of alkyl carbamates (subject to hydrolysis) is 2. The summed E-state index contributed by atoms with van der Waals surface area (Å²) in [5.41, 5.74) is -1.83. The number of amides is 3. The van der Waals surface area contributed by atoms with Crippen LogP contribution in [0.25, 0.3) is 0 Å². The van der Waals surface area contributed by atoms with Crippen molar-refractivity contribution in [3.63, 3.8) is 0 Å². The van der Waals surface area contributed by atoms with Gasteiger partial charge in [0.1, 0.15) is 36.5 Å². The van der Waals surface area contributed by atoms with Crippen molar-refractivity contribution >= 4 is 47.9 Å². The third-order valence-corrected chi connectivity index (χ3v) is 5.78. The van der Waals surface area contributed by atoms with Gasteiger partial charge in [0.15, 0.2) is 18.3 Å². The molecule has 278 valence electrons. The fraction of sp³-hybridized carbons (Fsp3) is 0.733. The van der Waals surface area contributed by atoms with Crippen LogP contribution in [0.4, 0.5) is 9.59 Å². The Kier molecular flexibility index (Phi) is 15.7. The molecule has 2 unspecified atom stereocenters. The molecule has 0 aromatic heterocycles. The summed E-state index contributed by atoms with van der Waals surface area (Å²) in [5.74, 6) is -5.76. The van der Waals surface area contributed by atoms with Crippen molar-refractivity contribution in [2.45, 2.75) is 130 Å². The van der Waals surface area contributed by atoms with Gasteiger partial charge in [0, 0.05) is 27.7 Å². The molecule has 0 aromatic rings. The number of hydrogen-bond donors (Lipinski definition) is 3. The smallest absolute Gasteiger partial charge is 0.408 e. The fourth-order valence-corrected chi connectivity index (χ4v) is 4.16. The van der Waals surface area contributed by atoms with E-state index in [1.54, 1.807) is 41.5 Å². The van der Waals surface area contributed by atoms with E-state index >= 15 is 0 Å². The molecule has 0 saturated carbocycles. The lowest BCUT2D eigenvalue weighted by Gasteiger charge is -2.44. The molecule has 1 saturated heterocycles. The molecule has 0 bridgehead atoms. The normalized spacial score (nSPS) is 21.7. The van der Waals surface area contributed by atoms with E-state index < -0.39 is 115 Å². The molecule has 0 spiro atoms. The molecule has 0 aliphatic carbocycles. The third kappa shape index (κ3) is 16.3. The summed E-state index contributed by atoms with van der Waals surface area (Å²) < 4.78 is 42.4. The first kappa shape index (κ1) is 42.3. The maximum atomic E-state index is 13.9. The van der Waals surface area contributed by atoms with Gasteiger partial charge in [0.05, 0.1) is 6.04 Å². The van der Waals surface area contributed by atoms with Gasteiger partial charge in [-0.3, -0.25) is 28.8 Å². The van der Waals surface area contributed by atoms with Gasteiger partial charge in [-0.2, -0.15) is 0 Å². The second-order valence-electron chi connectivity index (χ2n) is 12.8. The van der Waals surface area contributed by atoms with Crippen molar-refractivity contribution in [2.75, 3.05) is 13.2 Å². The first-order valence-corrected chi connectivity index (χ1v) is 15.1. The van der Waals surface area contributed by atoms with Crippen LogP contribution in [0.3, 0.4) is 0 Å². The Morgan fingerprint density at radius 3 is 1.71 bits per heavy atom. The zero-order valence-corrected chi connectivity index (χ0v) is 29.5. The summed E-state index contributed by atoms with van der Waals surface area (Å²) in [6, 6.07) is -2.96. The summed E-state index contributed by atoms with van der Waals surface area (Å²) in [6.07, 6.45) is -10.1. The molecule has 1 aliphatic heterocycles. The molecule has 1 aliphatic rings. The van der Waals surface area contributed by atoms with Gasteiger partial charge in [-0.1, -0.05) is 0 Å². The minimum Gasteiger partial charge on any atom is -0.463 e. The van der Waals surface area contributed by atoms with E-state index in [9.17, 15) is 38.4 Å². The van der Waals surface area contributed by atoms with Gasteiger partial charge in [-0.15, -0.1) is 0 Å². The van der Waals surface area contributed by atoms with Crippen LogP contribution in [0.15, 0.2) is 0 Å². The summed E-state index contributed by atoms with van der Waals surface area (Å²) in [7, 11) is 0. The Bertz CT molecular complexity index is 1240. The minimum absolute atomic E-state index is 0.550. The van der Waals surface area contributed by atoms with E-state index in [-0.39, 0.29) is 0 Å². The lowest BCUT2D eigenvalue weighted by atomic mass is 9.95. The van der Waals surface area contributed by atoms with Crippen LogP contribution < -0.4 is 16.0 Å². The molecule has 1 fully saturated rings. The Morgan fingerprint density at radius 2 is 1.22 bits per heavy atom. The molecule has 1 rings (SSSR count). The molecule has 3 N–H and O–H groups in total. The maximum absolute atomic E-state index is 13.9. The van der Waals surface area contributed by atoms with E-state index in [1.807, 2.05) is 0 Å². The number of ether oxygens (including phenoxy) is 8. The summed E-state index contributed by atoms with van der Waals surface area (Å²) in [5, 5.41) is 6.99. The van der Waals surface area contributed by atoms with Gasteiger partial charge in [-0.05, 0) is 48.5 Å². The van der Waals surface area contributed by atoms with E-state index in [2.05, 4.69) is 16.0 Å². The number of rotatable bonds is 12. The first-order chi connectivity index (χ1) is 22.4. The van der Waals surface area contributed by atoms with Crippen LogP contribution in [0, 0.1) is 0 Å². The van der Waals surface area contributed by atoms with E-state index in [1.165, 1.54) is 6.92 Å². The van der Waals surface area contributed by atoms with Crippen molar-refractivity contribution in [2.24, 2.45) is 0 Å². The second kappa shape index (κ2) is 18.2. The Hall–Kier alpha value is -4.68. The number of hydrogen-bond acceptors (Lipinski definition) is 16. The average Bonchev–Trinajstić information content (AvgIpc) is 2.89. The van der Waals surface area contributed by atoms with Crippen molar-refractivity contribution in [1.29, 1.82) is 0 Å². The van der Waals surface area contributed by atoms with E-state index in [4.69, 9.17) is 37.9 Å². The number of carbonyl (C=O) groups is 8. The zero-order valence-electron chi connectivity index (χ0n) is 29.5. The van der Waals surface area contributed by atoms with Gasteiger partial charge in [0.25, 0.3) is 5.91 Å². The predicted octanol–water partition coefficient (Wildman–Crippen LogP) is 0.535. The standard InChI is InChI=1S/C30H47N3O16/c1-14(32-28(41)49-30(9,10)11)22(47-20(38)12-31-27(40)48-29(6,7)8)25(39)33-21-24(44-17(4)36)23(43-16(3)35)19(13-42-15(2)34)46-26(21)45-18(5)37/h14,19,21-24,26H,12-13H2,1-11H3,(H,31,40)(H,32,41)(H,33,39)/t14?,19-,21-,22?,23-,24-,26-/m1/s1. The zero-order chi connectivity index (χ0) is 37.9. The summed E-state index contributed by atoms with van der Waals surface area (Å²) >= 11 is 0. The molecule has 0 aromatic carbocycles. The van der Waals surface area contributed by atoms with Crippen LogP contribution >= 0.6 is 0 Å². The van der Waals surface area contributed by atoms with Crippen molar-refractivity contribution < 1.29 is 76.3 Å². The van der Waals surface area contributed by atoms with Crippen molar-refractivity contribution in [3.8, 4) is 0 Å². The fourth-order valence-electron chi connectivity index (χ4n) is 4.16. The topological polar surface area (TPSA) is 246 Å². The lowest BCUT2D eigenvalue weighted by Crippen LogP contribution is -2.68. The number of nitrogens with one attached hydrogen (secondary N) is 3. The Morgan fingerprint density at radius 1 is 0.714 bits per heavy atom. The molecule has 19 heteroatoms. The Labute approximate surface area is 283 Å². The molecule has 0 radical (unpaired) electrons. The van der Waals surface area contributed by atoms with Crippen molar-refractivity contribution in [1.82, 2.24) is 16.0 Å². The van der Waals surface area contributed by atoms with Gasteiger partial charge >= 0.3 is 42.0 Å². The molecule has 49 heavy (non-hydrogen) atoms. The Balaban J connectivity index is 3.53. The van der Waals surface area contributed by atoms with Crippen LogP contribution in [0.2, 0.25) is 0 Å². The minimum atomic E-state index is -1.87. The van der Waals surface area contributed by atoms with E-state index in [0.29, 0.717) is 0 Å². The summed E-state index contributed by atoms with van der Waals surface area (Å²) in [6.45, 7) is 13.7. The molecule has 7 atom stereocenters. The largest absolute Gasteiger partial charge is 0.463 e. The predicted molar refractivity (Wildman–Crippen MR) is 163 cm³/mol. The maximum Gasteiger partial charge on any atom is 0.408 e. The van der Waals surface area contributed by atoms with Crippen LogP contribution in [0.1, 0.15) is 76.2 Å². The first-order valence-electron chi connectivity index (χ1n) is 15.1. The number of carbonyl (C=O) groups excluding carboxylic acids is 8. The summed E-state index contributed by atoms with van der Waals surface area (Å²) in [4.78, 5) is 99.2. The molecule has 3 amide bonds. The van der Waals surface area contributed by atoms with Crippen LogP contribution in [-0.2, 0) is 66.7 Å². The highest BCUT2D eigenvalue weighted by Crippen LogP contribution is 2.28. The second-order valence-corrected chi connectivity index (χ2v) is 12.8. The van der Waals surface area contributed by atoms with Crippen LogP contribution in [0.5, 0.6) is 0 Å². The quantitative estimate of drug-likeness (QED) is 0.185. The molecular weight excluding hydrogens is 658 g/mol. The highest BCUT2D eigenvalue weighted by Gasteiger charge is 2.53.